The van der Waals surface area contributed by atoms with E-state index in [-0.39, 0.29) is 0 Å². The molecule has 2 aromatic rings. The van der Waals surface area contributed by atoms with Gasteiger partial charge in [0.2, 0.25) is 0 Å². The van der Waals surface area contributed by atoms with E-state index in [1.807, 2.05) is 25.2 Å². The van der Waals surface area contributed by atoms with E-state index in [2.05, 4.69) is 23.6 Å². The molecule has 0 amide bonds. The van der Waals surface area contributed by atoms with Crippen LogP contribution in [0, 0.1) is 5.92 Å². The van der Waals surface area contributed by atoms with E-state index in [1.54, 1.807) is 6.26 Å². The van der Waals surface area contributed by atoms with Crippen molar-refractivity contribution >= 4 is 16.7 Å². The average Bonchev–Trinajstić information content (AvgIpc) is 2.78. The Hall–Kier alpha value is -1.48. The van der Waals surface area contributed by atoms with Gasteiger partial charge in [0.15, 0.2) is 0 Å². The summed E-state index contributed by atoms with van der Waals surface area (Å²) in [5.41, 5.74) is 2.03. The molecular formula is C14H20N2O. The molecule has 0 aliphatic heterocycles. The molecule has 0 radical (unpaired) electrons. The van der Waals surface area contributed by atoms with Crippen molar-refractivity contribution in [1.82, 2.24) is 5.32 Å². The van der Waals surface area contributed by atoms with Crippen LogP contribution in [0.3, 0.4) is 0 Å². The summed E-state index contributed by atoms with van der Waals surface area (Å²) in [6.07, 6.45) is 2.97. The molecule has 1 aromatic heterocycles. The van der Waals surface area contributed by atoms with E-state index in [0.717, 1.165) is 29.7 Å². The van der Waals surface area contributed by atoms with E-state index in [9.17, 15) is 0 Å². The maximum absolute atomic E-state index is 5.50. The van der Waals surface area contributed by atoms with Crippen LogP contribution in [0.15, 0.2) is 34.9 Å². The van der Waals surface area contributed by atoms with Gasteiger partial charge in [0.25, 0.3) is 0 Å². The molecule has 0 saturated heterocycles. The highest BCUT2D eigenvalue weighted by atomic mass is 16.3. The molecule has 1 aromatic carbocycles. The SMILES string of the molecule is CCC(CNC)CNc1coc2ccccc12. The van der Waals surface area contributed by atoms with Crippen molar-refractivity contribution in [3.05, 3.63) is 30.5 Å². The zero-order chi connectivity index (χ0) is 12.1. The number of hydrogen-bond acceptors (Lipinski definition) is 3. The van der Waals surface area contributed by atoms with Gasteiger partial charge < -0.3 is 15.1 Å². The Morgan fingerprint density at radius 3 is 2.82 bits per heavy atom. The van der Waals surface area contributed by atoms with Crippen LogP contribution >= 0.6 is 0 Å². The number of fused-ring (bicyclic) bond motifs is 1. The van der Waals surface area contributed by atoms with Crippen molar-refractivity contribution in [1.29, 1.82) is 0 Å². The predicted molar refractivity (Wildman–Crippen MR) is 72.4 cm³/mol. The first kappa shape index (κ1) is 12.0. The molecule has 0 fully saturated rings. The van der Waals surface area contributed by atoms with E-state index < -0.39 is 0 Å². The van der Waals surface area contributed by atoms with Crippen molar-refractivity contribution in [2.75, 3.05) is 25.5 Å². The molecule has 2 rings (SSSR count). The lowest BCUT2D eigenvalue weighted by molar-refractivity contribution is 0.506. The van der Waals surface area contributed by atoms with Crippen LogP contribution in [0.1, 0.15) is 13.3 Å². The molecule has 0 saturated carbocycles. The summed E-state index contributed by atoms with van der Waals surface area (Å²) in [5, 5.41) is 7.85. The highest BCUT2D eigenvalue weighted by Gasteiger charge is 2.08. The smallest absolute Gasteiger partial charge is 0.136 e. The number of para-hydroxylation sites is 1. The highest BCUT2D eigenvalue weighted by Crippen LogP contribution is 2.25. The normalized spacial score (nSPS) is 12.8. The average molecular weight is 232 g/mol. The van der Waals surface area contributed by atoms with Crippen molar-refractivity contribution in [3.63, 3.8) is 0 Å². The molecule has 2 N–H and O–H groups in total. The zero-order valence-corrected chi connectivity index (χ0v) is 10.5. The Kier molecular flexibility index (Phi) is 4.04. The molecule has 0 aliphatic carbocycles. The Morgan fingerprint density at radius 1 is 1.24 bits per heavy atom. The van der Waals surface area contributed by atoms with E-state index in [1.165, 1.54) is 6.42 Å². The Balaban J connectivity index is 2.03. The van der Waals surface area contributed by atoms with Crippen LogP contribution in [0.4, 0.5) is 5.69 Å². The van der Waals surface area contributed by atoms with Gasteiger partial charge in [-0.1, -0.05) is 25.5 Å². The summed E-state index contributed by atoms with van der Waals surface area (Å²) in [7, 11) is 2.00. The van der Waals surface area contributed by atoms with Gasteiger partial charge in [-0.3, -0.25) is 0 Å². The van der Waals surface area contributed by atoms with Gasteiger partial charge in [-0.2, -0.15) is 0 Å². The largest absolute Gasteiger partial charge is 0.462 e. The summed E-state index contributed by atoms with van der Waals surface area (Å²) in [6, 6.07) is 8.10. The molecule has 3 heteroatoms. The second-order valence-corrected chi connectivity index (χ2v) is 4.36. The van der Waals surface area contributed by atoms with Gasteiger partial charge in [-0.15, -0.1) is 0 Å². The van der Waals surface area contributed by atoms with Gasteiger partial charge in [0.05, 0.1) is 5.69 Å². The molecule has 0 aliphatic rings. The van der Waals surface area contributed by atoms with Gasteiger partial charge in [0.1, 0.15) is 11.8 Å². The topological polar surface area (TPSA) is 37.2 Å². The molecular weight excluding hydrogens is 212 g/mol. The third-order valence-electron chi connectivity index (χ3n) is 3.13. The maximum atomic E-state index is 5.50. The lowest BCUT2D eigenvalue weighted by atomic mass is 10.1. The van der Waals surface area contributed by atoms with Gasteiger partial charge in [0, 0.05) is 11.9 Å². The quantitative estimate of drug-likeness (QED) is 0.803. The molecule has 1 heterocycles. The summed E-state index contributed by atoms with van der Waals surface area (Å²) >= 11 is 0. The number of rotatable bonds is 6. The summed E-state index contributed by atoms with van der Waals surface area (Å²) in [4.78, 5) is 0. The van der Waals surface area contributed by atoms with Crippen molar-refractivity contribution < 1.29 is 4.42 Å². The van der Waals surface area contributed by atoms with Crippen LogP contribution in [0.5, 0.6) is 0 Å². The Morgan fingerprint density at radius 2 is 2.06 bits per heavy atom. The predicted octanol–water partition coefficient (Wildman–Crippen LogP) is 3.09. The van der Waals surface area contributed by atoms with E-state index >= 15 is 0 Å². The van der Waals surface area contributed by atoms with Crippen LogP contribution < -0.4 is 10.6 Å². The van der Waals surface area contributed by atoms with Crippen LogP contribution in [-0.2, 0) is 0 Å². The first-order valence-electron chi connectivity index (χ1n) is 6.19. The molecule has 3 nitrogen and oxygen atoms in total. The fraction of sp³-hybridized carbons (Fsp3) is 0.429. The van der Waals surface area contributed by atoms with Crippen molar-refractivity contribution in [3.8, 4) is 0 Å². The maximum Gasteiger partial charge on any atom is 0.136 e. The fourth-order valence-corrected chi connectivity index (χ4v) is 2.02. The van der Waals surface area contributed by atoms with Crippen LogP contribution in [-0.4, -0.2) is 20.1 Å². The summed E-state index contributed by atoms with van der Waals surface area (Å²) < 4.78 is 5.50. The first-order chi connectivity index (χ1) is 8.35. The van der Waals surface area contributed by atoms with Crippen molar-refractivity contribution in [2.24, 2.45) is 5.92 Å². The zero-order valence-electron chi connectivity index (χ0n) is 10.5. The lowest BCUT2D eigenvalue weighted by Crippen LogP contribution is -2.24. The van der Waals surface area contributed by atoms with E-state index in [0.29, 0.717) is 5.92 Å². The van der Waals surface area contributed by atoms with Gasteiger partial charge in [-0.25, -0.2) is 0 Å². The third kappa shape index (κ3) is 2.80. The summed E-state index contributed by atoms with van der Waals surface area (Å²) in [5.74, 6) is 0.647. The summed E-state index contributed by atoms with van der Waals surface area (Å²) in [6.45, 7) is 4.23. The highest BCUT2D eigenvalue weighted by molar-refractivity contribution is 5.90. The Labute approximate surface area is 102 Å². The van der Waals surface area contributed by atoms with Crippen LogP contribution in [0.25, 0.3) is 11.0 Å². The molecule has 0 bridgehead atoms. The second kappa shape index (κ2) is 5.73. The Bertz CT molecular complexity index is 464. The minimum absolute atomic E-state index is 0.647. The minimum Gasteiger partial charge on any atom is -0.462 e. The number of furan rings is 1. The van der Waals surface area contributed by atoms with Crippen LogP contribution in [0.2, 0.25) is 0 Å². The molecule has 1 atom stereocenters. The number of benzene rings is 1. The molecule has 1 unspecified atom stereocenters. The fourth-order valence-electron chi connectivity index (χ4n) is 2.02. The second-order valence-electron chi connectivity index (χ2n) is 4.36. The molecule has 92 valence electrons. The van der Waals surface area contributed by atoms with Crippen molar-refractivity contribution in [2.45, 2.75) is 13.3 Å². The number of hydrogen-bond donors (Lipinski definition) is 2. The van der Waals surface area contributed by atoms with E-state index in [4.69, 9.17) is 4.42 Å². The standard InChI is InChI=1S/C14H20N2O/c1-3-11(8-15-2)9-16-13-10-17-14-7-5-4-6-12(13)14/h4-7,10-11,15-16H,3,8-9H2,1-2H3. The lowest BCUT2D eigenvalue weighted by Gasteiger charge is -2.15. The monoisotopic (exact) mass is 232 g/mol. The molecule has 0 spiro atoms. The molecule has 17 heavy (non-hydrogen) atoms. The van der Waals surface area contributed by atoms with Gasteiger partial charge in [-0.05, 0) is 31.6 Å². The van der Waals surface area contributed by atoms with Gasteiger partial charge >= 0.3 is 0 Å². The first-order valence-corrected chi connectivity index (χ1v) is 6.19. The number of nitrogens with one attached hydrogen (secondary N) is 2. The third-order valence-corrected chi connectivity index (χ3v) is 3.13. The number of anilines is 1. The minimum atomic E-state index is 0.647.